The average molecular weight is 453 g/mol. The van der Waals surface area contributed by atoms with Crippen molar-refractivity contribution in [3.8, 4) is 29.6 Å². The topological polar surface area (TPSA) is 105 Å². The molecule has 10 heteroatoms. The third kappa shape index (κ3) is 4.63. The molecule has 0 spiro atoms. The van der Waals surface area contributed by atoms with Crippen molar-refractivity contribution in [2.45, 2.75) is 6.54 Å². The maximum Gasteiger partial charge on any atom is 0.272 e. The number of aromatic nitrogens is 1. The molecule has 0 atom stereocenters. The van der Waals surface area contributed by atoms with Crippen LogP contribution in [0.3, 0.4) is 0 Å². The number of terminal acetylenes is 1. The van der Waals surface area contributed by atoms with Gasteiger partial charge in [0.15, 0.2) is 16.3 Å². The monoisotopic (exact) mass is 453 g/mol. The summed E-state index contributed by atoms with van der Waals surface area (Å²) in [4.78, 5) is 27.6. The first kappa shape index (κ1) is 22.6. The number of thiazole rings is 1. The lowest BCUT2D eigenvalue weighted by Gasteiger charge is -2.12. The van der Waals surface area contributed by atoms with Crippen LogP contribution in [0.1, 0.15) is 5.56 Å². The summed E-state index contributed by atoms with van der Waals surface area (Å²) in [5.74, 6) is 3.34. The highest BCUT2D eigenvalue weighted by atomic mass is 32.1. The van der Waals surface area contributed by atoms with Crippen LogP contribution in [0.25, 0.3) is 16.3 Å². The fourth-order valence-electron chi connectivity index (χ4n) is 3.00. The Morgan fingerprint density at radius 3 is 2.47 bits per heavy atom. The quantitative estimate of drug-likeness (QED) is 0.235. The second-order valence-electron chi connectivity index (χ2n) is 6.33. The van der Waals surface area contributed by atoms with E-state index in [4.69, 9.17) is 20.6 Å². The molecule has 0 bridgehead atoms. The van der Waals surface area contributed by atoms with Crippen LogP contribution in [0.5, 0.6) is 17.2 Å². The second-order valence-corrected chi connectivity index (χ2v) is 7.34. The lowest BCUT2D eigenvalue weighted by atomic mass is 10.1. The minimum absolute atomic E-state index is 0.0493. The zero-order valence-electron chi connectivity index (χ0n) is 17.5. The van der Waals surface area contributed by atoms with Crippen LogP contribution in [0.15, 0.2) is 41.4 Å². The van der Waals surface area contributed by atoms with Gasteiger partial charge in [-0.2, -0.15) is 4.99 Å². The van der Waals surface area contributed by atoms with Gasteiger partial charge in [0, 0.05) is 18.2 Å². The molecule has 9 nitrogen and oxygen atoms in total. The Balaban J connectivity index is 1.99. The van der Waals surface area contributed by atoms with Crippen LogP contribution in [-0.4, -0.2) is 36.7 Å². The molecule has 0 radical (unpaired) electrons. The Bertz CT molecular complexity index is 1300. The maximum atomic E-state index is 12.5. The summed E-state index contributed by atoms with van der Waals surface area (Å²) in [6.45, 7) is 0.167. The zero-order chi connectivity index (χ0) is 23.3. The number of ether oxygens (including phenoxy) is 3. The second kappa shape index (κ2) is 9.80. The van der Waals surface area contributed by atoms with Crippen LogP contribution in [0, 0.1) is 22.5 Å². The summed E-state index contributed by atoms with van der Waals surface area (Å²) in [6.07, 6.45) is 8.32. The lowest BCUT2D eigenvalue weighted by Crippen LogP contribution is -2.15. The number of nitro groups is 1. The van der Waals surface area contributed by atoms with Crippen molar-refractivity contribution < 1.29 is 23.9 Å². The van der Waals surface area contributed by atoms with Crippen molar-refractivity contribution in [1.29, 1.82) is 0 Å². The molecule has 1 aromatic heterocycles. The van der Waals surface area contributed by atoms with Gasteiger partial charge in [-0.3, -0.25) is 14.9 Å². The molecule has 0 saturated heterocycles. The molecule has 3 aromatic rings. The van der Waals surface area contributed by atoms with Crippen molar-refractivity contribution in [3.63, 3.8) is 0 Å². The van der Waals surface area contributed by atoms with Gasteiger partial charge in [-0.05, 0) is 29.8 Å². The van der Waals surface area contributed by atoms with Crippen LogP contribution in [-0.2, 0) is 11.3 Å². The highest BCUT2D eigenvalue weighted by molar-refractivity contribution is 7.16. The predicted octanol–water partition coefficient (Wildman–Crippen LogP) is 3.41. The number of amides is 1. The number of nitro benzene ring substituents is 1. The minimum Gasteiger partial charge on any atom is -0.493 e. The number of hydrogen-bond acceptors (Lipinski definition) is 7. The van der Waals surface area contributed by atoms with Gasteiger partial charge in [0.05, 0.1) is 43.0 Å². The van der Waals surface area contributed by atoms with E-state index < -0.39 is 10.8 Å². The number of rotatable bonds is 7. The zero-order valence-corrected chi connectivity index (χ0v) is 18.3. The minimum atomic E-state index is -0.523. The lowest BCUT2D eigenvalue weighted by molar-refractivity contribution is -0.384. The van der Waals surface area contributed by atoms with E-state index in [1.165, 1.54) is 39.5 Å². The largest absolute Gasteiger partial charge is 0.493 e. The number of carbonyl (C=O) groups is 1. The summed E-state index contributed by atoms with van der Waals surface area (Å²) in [7, 11) is 4.51. The number of methoxy groups -OCH3 is 3. The molecule has 3 rings (SSSR count). The van der Waals surface area contributed by atoms with Crippen LogP contribution < -0.4 is 19.0 Å². The van der Waals surface area contributed by atoms with E-state index in [-0.39, 0.29) is 12.2 Å². The van der Waals surface area contributed by atoms with Gasteiger partial charge in [0.25, 0.3) is 11.6 Å². The van der Waals surface area contributed by atoms with Crippen LogP contribution in [0.2, 0.25) is 0 Å². The molecule has 0 N–H and O–H groups in total. The molecule has 32 heavy (non-hydrogen) atoms. The molecule has 1 heterocycles. The molecule has 164 valence electrons. The standard InChI is InChI=1S/C22H19N3O6S/c1-5-10-24-16-8-7-15(25(27)28)13-19(16)32-22(24)23-20(26)9-6-14-11-17(29-2)21(31-4)18(12-14)30-3/h1,6-9,11-13H,10H2,2-4H3. The van der Waals surface area contributed by atoms with E-state index >= 15 is 0 Å². The number of fused-ring (bicyclic) bond motifs is 1. The highest BCUT2D eigenvalue weighted by Gasteiger charge is 2.13. The fraction of sp³-hybridized carbons (Fsp3) is 0.182. The predicted molar refractivity (Wildman–Crippen MR) is 121 cm³/mol. The van der Waals surface area contributed by atoms with Gasteiger partial charge in [-0.25, -0.2) is 0 Å². The van der Waals surface area contributed by atoms with Crippen molar-refractivity contribution in [3.05, 3.63) is 56.9 Å². The third-order valence-electron chi connectivity index (χ3n) is 4.44. The molecule has 0 unspecified atom stereocenters. The molecule has 0 fully saturated rings. The third-order valence-corrected chi connectivity index (χ3v) is 5.48. The van der Waals surface area contributed by atoms with Gasteiger partial charge in [-0.1, -0.05) is 17.3 Å². The Hall–Kier alpha value is -4.10. The van der Waals surface area contributed by atoms with Gasteiger partial charge in [-0.15, -0.1) is 6.42 Å². The summed E-state index contributed by atoms with van der Waals surface area (Å²) in [6, 6.07) is 7.81. The number of carbonyl (C=O) groups excluding carboxylic acids is 1. The van der Waals surface area contributed by atoms with Crippen molar-refractivity contribution >= 4 is 39.2 Å². The normalized spacial score (nSPS) is 11.5. The number of nitrogens with zero attached hydrogens (tertiary/aromatic N) is 3. The molecule has 2 aromatic carbocycles. The Labute approximate surface area is 187 Å². The molecule has 0 aliphatic rings. The van der Waals surface area contributed by atoms with E-state index in [0.717, 1.165) is 11.3 Å². The van der Waals surface area contributed by atoms with E-state index in [2.05, 4.69) is 10.9 Å². The first-order valence-corrected chi connectivity index (χ1v) is 10.0. The Morgan fingerprint density at radius 2 is 1.91 bits per heavy atom. The van der Waals surface area contributed by atoms with E-state index in [9.17, 15) is 14.9 Å². The molecular formula is C22H19N3O6S. The number of non-ortho nitro benzene ring substituents is 1. The van der Waals surface area contributed by atoms with Gasteiger partial charge < -0.3 is 18.8 Å². The summed E-state index contributed by atoms with van der Waals surface area (Å²) < 4.78 is 18.2. The number of hydrogen-bond donors (Lipinski definition) is 0. The van der Waals surface area contributed by atoms with Crippen LogP contribution in [0.4, 0.5) is 5.69 Å². The van der Waals surface area contributed by atoms with Crippen LogP contribution >= 0.6 is 11.3 Å². The van der Waals surface area contributed by atoms with Crippen molar-refractivity contribution in [1.82, 2.24) is 4.57 Å². The highest BCUT2D eigenvalue weighted by Crippen LogP contribution is 2.38. The van der Waals surface area contributed by atoms with Gasteiger partial charge in [0.2, 0.25) is 5.75 Å². The van der Waals surface area contributed by atoms with E-state index in [1.54, 1.807) is 28.8 Å². The first-order chi connectivity index (χ1) is 15.4. The summed E-state index contributed by atoms with van der Waals surface area (Å²) >= 11 is 1.15. The fourth-order valence-corrected chi connectivity index (χ4v) is 4.07. The average Bonchev–Trinajstić information content (AvgIpc) is 3.13. The maximum absolute atomic E-state index is 12.5. The SMILES string of the molecule is C#CCn1c(=NC(=O)C=Cc2cc(OC)c(OC)c(OC)c2)sc2cc([N+](=O)[O-])ccc21. The molecule has 0 aliphatic carbocycles. The molecule has 1 amide bonds. The summed E-state index contributed by atoms with van der Waals surface area (Å²) in [5, 5.41) is 11.1. The Morgan fingerprint density at radius 1 is 1.22 bits per heavy atom. The van der Waals surface area contributed by atoms with Gasteiger partial charge in [0.1, 0.15) is 0 Å². The number of benzene rings is 2. The van der Waals surface area contributed by atoms with Crippen molar-refractivity contribution in [2.75, 3.05) is 21.3 Å². The smallest absolute Gasteiger partial charge is 0.272 e. The molecule has 0 saturated carbocycles. The molecule has 0 aliphatic heterocycles. The van der Waals surface area contributed by atoms with E-state index in [0.29, 0.717) is 37.8 Å². The van der Waals surface area contributed by atoms with Gasteiger partial charge >= 0.3 is 0 Å². The molecular weight excluding hydrogens is 434 g/mol. The van der Waals surface area contributed by atoms with E-state index in [1.807, 2.05) is 0 Å². The first-order valence-electron chi connectivity index (χ1n) is 9.19. The Kier molecular flexibility index (Phi) is 6.92. The van der Waals surface area contributed by atoms with Crippen molar-refractivity contribution in [2.24, 2.45) is 4.99 Å². The summed E-state index contributed by atoms with van der Waals surface area (Å²) in [5.41, 5.74) is 1.26.